The van der Waals surface area contributed by atoms with Gasteiger partial charge >= 0.3 is 0 Å². The maximum absolute atomic E-state index is 5.85. The Balaban J connectivity index is 1.63. The Bertz CT molecular complexity index is 284. The Morgan fingerprint density at radius 3 is 2.37 bits per heavy atom. The Labute approximate surface area is 118 Å². The van der Waals surface area contributed by atoms with Gasteiger partial charge in [0.05, 0.1) is 6.10 Å². The third-order valence-corrected chi connectivity index (χ3v) is 5.55. The van der Waals surface area contributed by atoms with Gasteiger partial charge in [-0.1, -0.05) is 13.8 Å². The van der Waals surface area contributed by atoms with E-state index < -0.39 is 0 Å². The van der Waals surface area contributed by atoms with Gasteiger partial charge in [0.25, 0.3) is 0 Å². The number of hydrogen-bond donors (Lipinski definition) is 1. The molecule has 0 amide bonds. The molecule has 0 aliphatic carbocycles. The number of fused-ring (bicyclic) bond motifs is 2. The molecule has 3 heterocycles. The van der Waals surface area contributed by atoms with Crippen LogP contribution in [-0.4, -0.2) is 48.3 Å². The SMILES string of the molecule is CCC1CC(N(CC)C2CC3CCC(C2)N3)CCO1. The maximum Gasteiger partial charge on any atom is 0.0587 e. The van der Waals surface area contributed by atoms with Crippen molar-refractivity contribution < 1.29 is 4.74 Å². The lowest BCUT2D eigenvalue weighted by atomic mass is 9.93. The average Bonchev–Trinajstić information content (AvgIpc) is 2.79. The highest BCUT2D eigenvalue weighted by molar-refractivity contribution is 4.97. The molecule has 19 heavy (non-hydrogen) atoms. The summed E-state index contributed by atoms with van der Waals surface area (Å²) in [5.41, 5.74) is 0. The van der Waals surface area contributed by atoms with E-state index in [-0.39, 0.29) is 0 Å². The summed E-state index contributed by atoms with van der Waals surface area (Å²) >= 11 is 0. The van der Waals surface area contributed by atoms with Crippen LogP contribution in [-0.2, 0) is 4.74 Å². The fourth-order valence-corrected chi connectivity index (χ4v) is 4.56. The lowest BCUT2D eigenvalue weighted by molar-refractivity contribution is -0.0413. The molecule has 4 atom stereocenters. The van der Waals surface area contributed by atoms with Crippen LogP contribution in [0.1, 0.15) is 58.8 Å². The summed E-state index contributed by atoms with van der Waals surface area (Å²) in [6, 6.07) is 3.20. The van der Waals surface area contributed by atoms with E-state index in [0.29, 0.717) is 6.10 Å². The number of rotatable bonds is 4. The Morgan fingerprint density at radius 1 is 1.00 bits per heavy atom. The zero-order chi connectivity index (χ0) is 13.2. The molecule has 0 aromatic rings. The quantitative estimate of drug-likeness (QED) is 0.846. The molecule has 3 nitrogen and oxygen atoms in total. The van der Waals surface area contributed by atoms with Crippen molar-refractivity contribution in [2.45, 2.75) is 89.1 Å². The van der Waals surface area contributed by atoms with Gasteiger partial charge in [0.15, 0.2) is 0 Å². The van der Waals surface area contributed by atoms with Gasteiger partial charge in [-0.3, -0.25) is 4.90 Å². The minimum Gasteiger partial charge on any atom is -0.378 e. The first-order chi connectivity index (χ1) is 9.30. The van der Waals surface area contributed by atoms with Crippen LogP contribution in [0, 0.1) is 0 Å². The summed E-state index contributed by atoms with van der Waals surface area (Å²) in [5, 5.41) is 3.77. The van der Waals surface area contributed by atoms with Crippen LogP contribution in [0.3, 0.4) is 0 Å². The number of nitrogens with zero attached hydrogens (tertiary/aromatic N) is 1. The van der Waals surface area contributed by atoms with E-state index in [0.717, 1.165) is 30.8 Å². The molecule has 4 unspecified atom stereocenters. The summed E-state index contributed by atoms with van der Waals surface area (Å²) < 4.78 is 5.85. The van der Waals surface area contributed by atoms with Crippen LogP contribution in [0.25, 0.3) is 0 Å². The van der Waals surface area contributed by atoms with Crippen molar-refractivity contribution >= 4 is 0 Å². The fraction of sp³-hybridized carbons (Fsp3) is 1.00. The van der Waals surface area contributed by atoms with E-state index in [1.54, 1.807) is 0 Å². The Morgan fingerprint density at radius 2 is 1.74 bits per heavy atom. The molecule has 110 valence electrons. The van der Waals surface area contributed by atoms with E-state index in [9.17, 15) is 0 Å². The Kier molecular flexibility index (Phi) is 4.45. The van der Waals surface area contributed by atoms with Crippen molar-refractivity contribution in [1.82, 2.24) is 10.2 Å². The first kappa shape index (κ1) is 13.8. The predicted octanol–water partition coefficient (Wildman–Crippen LogP) is 2.55. The van der Waals surface area contributed by atoms with Crippen LogP contribution in [0.4, 0.5) is 0 Å². The molecule has 0 spiro atoms. The summed E-state index contributed by atoms with van der Waals surface area (Å²) in [4.78, 5) is 2.82. The molecule has 3 fully saturated rings. The third kappa shape index (κ3) is 2.98. The van der Waals surface area contributed by atoms with Gasteiger partial charge in [-0.05, 0) is 51.5 Å². The van der Waals surface area contributed by atoms with Gasteiger partial charge < -0.3 is 10.1 Å². The van der Waals surface area contributed by atoms with Crippen LogP contribution in [0.5, 0.6) is 0 Å². The molecule has 3 aliphatic rings. The van der Waals surface area contributed by atoms with E-state index in [1.807, 2.05) is 0 Å². The minimum absolute atomic E-state index is 0.506. The second-order valence-corrected chi connectivity index (χ2v) is 6.67. The molecule has 1 N–H and O–H groups in total. The Hall–Kier alpha value is -0.120. The zero-order valence-electron chi connectivity index (χ0n) is 12.6. The fourth-order valence-electron chi connectivity index (χ4n) is 4.56. The molecular formula is C16H30N2O. The molecule has 3 saturated heterocycles. The molecule has 3 aliphatic heterocycles. The van der Waals surface area contributed by atoms with Crippen molar-refractivity contribution in [1.29, 1.82) is 0 Å². The van der Waals surface area contributed by atoms with Gasteiger partial charge in [0.2, 0.25) is 0 Å². The largest absolute Gasteiger partial charge is 0.378 e. The topological polar surface area (TPSA) is 24.5 Å². The minimum atomic E-state index is 0.506. The molecule has 0 aromatic carbocycles. The smallest absolute Gasteiger partial charge is 0.0587 e. The number of hydrogen-bond acceptors (Lipinski definition) is 3. The average molecular weight is 266 g/mol. The number of nitrogens with one attached hydrogen (secondary N) is 1. The molecule has 3 rings (SSSR count). The zero-order valence-corrected chi connectivity index (χ0v) is 12.6. The summed E-state index contributed by atoms with van der Waals surface area (Å²) in [5.74, 6) is 0. The monoisotopic (exact) mass is 266 g/mol. The van der Waals surface area contributed by atoms with Crippen LogP contribution >= 0.6 is 0 Å². The standard InChI is InChI=1S/C16H30N2O/c1-3-16-11-14(7-8-19-16)18(4-2)15-9-12-5-6-13(10-15)17-12/h12-17H,3-11H2,1-2H3. The van der Waals surface area contributed by atoms with E-state index >= 15 is 0 Å². The van der Waals surface area contributed by atoms with E-state index in [4.69, 9.17) is 4.74 Å². The summed E-state index contributed by atoms with van der Waals surface area (Å²) in [6.45, 7) is 6.79. The second-order valence-electron chi connectivity index (χ2n) is 6.67. The molecule has 0 saturated carbocycles. The highest BCUT2D eigenvalue weighted by atomic mass is 16.5. The molecule has 3 heteroatoms. The number of ether oxygens (including phenoxy) is 1. The first-order valence-corrected chi connectivity index (χ1v) is 8.43. The molecule has 2 bridgehead atoms. The summed E-state index contributed by atoms with van der Waals surface area (Å²) in [6.07, 6.45) is 9.73. The molecule has 0 radical (unpaired) electrons. The van der Waals surface area contributed by atoms with Crippen molar-refractivity contribution in [3.63, 3.8) is 0 Å². The summed E-state index contributed by atoms with van der Waals surface area (Å²) in [7, 11) is 0. The lowest BCUT2D eigenvalue weighted by Crippen LogP contribution is -2.53. The van der Waals surface area contributed by atoms with Crippen LogP contribution in [0.15, 0.2) is 0 Å². The van der Waals surface area contributed by atoms with Crippen LogP contribution < -0.4 is 5.32 Å². The second kappa shape index (κ2) is 6.11. The van der Waals surface area contributed by atoms with Crippen molar-refractivity contribution in [2.75, 3.05) is 13.2 Å². The maximum atomic E-state index is 5.85. The highest BCUT2D eigenvalue weighted by Crippen LogP contribution is 2.32. The van der Waals surface area contributed by atoms with E-state index in [2.05, 4.69) is 24.1 Å². The normalized spacial score (nSPS) is 42.8. The highest BCUT2D eigenvalue weighted by Gasteiger charge is 2.38. The van der Waals surface area contributed by atoms with Gasteiger partial charge in [-0.2, -0.15) is 0 Å². The van der Waals surface area contributed by atoms with Crippen molar-refractivity contribution in [3.05, 3.63) is 0 Å². The molecular weight excluding hydrogens is 236 g/mol. The van der Waals surface area contributed by atoms with Crippen molar-refractivity contribution in [2.24, 2.45) is 0 Å². The van der Waals surface area contributed by atoms with Crippen molar-refractivity contribution in [3.8, 4) is 0 Å². The van der Waals surface area contributed by atoms with Gasteiger partial charge in [0, 0.05) is 30.8 Å². The third-order valence-electron chi connectivity index (χ3n) is 5.55. The van der Waals surface area contributed by atoms with E-state index in [1.165, 1.54) is 51.5 Å². The first-order valence-electron chi connectivity index (χ1n) is 8.43. The van der Waals surface area contributed by atoms with Crippen LogP contribution in [0.2, 0.25) is 0 Å². The number of piperidine rings is 1. The molecule has 0 aromatic heterocycles. The lowest BCUT2D eigenvalue weighted by Gasteiger charge is -2.44. The predicted molar refractivity (Wildman–Crippen MR) is 78.4 cm³/mol. The van der Waals surface area contributed by atoms with Gasteiger partial charge in [0.1, 0.15) is 0 Å². The van der Waals surface area contributed by atoms with Gasteiger partial charge in [-0.15, -0.1) is 0 Å². The van der Waals surface area contributed by atoms with Gasteiger partial charge in [-0.25, -0.2) is 0 Å².